The molecule has 0 radical (unpaired) electrons. The van der Waals surface area contributed by atoms with Crippen LogP contribution < -0.4 is 14.8 Å². The van der Waals surface area contributed by atoms with Crippen molar-refractivity contribution in [1.29, 1.82) is 0 Å². The Balaban J connectivity index is 1.69. The van der Waals surface area contributed by atoms with E-state index in [0.717, 1.165) is 6.42 Å². The topological polar surface area (TPSA) is 77.1 Å². The van der Waals surface area contributed by atoms with Crippen LogP contribution in [0, 0.1) is 0 Å². The van der Waals surface area contributed by atoms with Crippen molar-refractivity contribution in [3.05, 3.63) is 22.7 Å². The summed E-state index contributed by atoms with van der Waals surface area (Å²) in [5.41, 5.74) is 0.330. The highest BCUT2D eigenvalue weighted by atomic mass is 35.5. The second-order valence-electron chi connectivity index (χ2n) is 5.97. The van der Waals surface area contributed by atoms with Crippen LogP contribution in [0.15, 0.2) is 12.1 Å². The van der Waals surface area contributed by atoms with Crippen molar-refractivity contribution >= 4 is 23.4 Å². The average Bonchev–Trinajstić information content (AvgIpc) is 2.87. The van der Waals surface area contributed by atoms with Crippen LogP contribution in [0.5, 0.6) is 11.5 Å². The van der Waals surface area contributed by atoms with Gasteiger partial charge in [0.1, 0.15) is 6.04 Å². The Hall–Kier alpha value is -1.99. The SMILES string of the molecule is CC(NC(=O)c1cc(Cl)c2c(c1)OCCCO2)C(=O)N1CCOCC1. The van der Waals surface area contributed by atoms with E-state index in [9.17, 15) is 9.59 Å². The Bertz CT molecular complexity index is 661. The van der Waals surface area contributed by atoms with Gasteiger partial charge in [0.15, 0.2) is 11.5 Å². The molecule has 2 heterocycles. The van der Waals surface area contributed by atoms with E-state index >= 15 is 0 Å². The third-order valence-corrected chi connectivity index (χ3v) is 4.39. The van der Waals surface area contributed by atoms with Gasteiger partial charge in [0.25, 0.3) is 5.91 Å². The van der Waals surface area contributed by atoms with Gasteiger partial charge < -0.3 is 24.4 Å². The second-order valence-corrected chi connectivity index (χ2v) is 6.38. The first kappa shape index (κ1) is 17.8. The summed E-state index contributed by atoms with van der Waals surface area (Å²) in [6.07, 6.45) is 0.748. The predicted octanol–water partition coefficient (Wildman–Crippen LogP) is 1.48. The zero-order chi connectivity index (χ0) is 17.8. The third-order valence-electron chi connectivity index (χ3n) is 4.11. The maximum Gasteiger partial charge on any atom is 0.252 e. The van der Waals surface area contributed by atoms with Gasteiger partial charge in [0, 0.05) is 25.1 Å². The Morgan fingerprint density at radius 2 is 1.88 bits per heavy atom. The minimum atomic E-state index is -0.639. The van der Waals surface area contributed by atoms with Gasteiger partial charge in [-0.15, -0.1) is 0 Å². The van der Waals surface area contributed by atoms with E-state index in [1.165, 1.54) is 6.07 Å². The van der Waals surface area contributed by atoms with Crippen LogP contribution >= 0.6 is 11.6 Å². The molecular formula is C17H21ClN2O5. The number of morpholine rings is 1. The summed E-state index contributed by atoms with van der Waals surface area (Å²) < 4.78 is 16.4. The van der Waals surface area contributed by atoms with Gasteiger partial charge in [-0.2, -0.15) is 0 Å². The fourth-order valence-electron chi connectivity index (χ4n) is 2.76. The van der Waals surface area contributed by atoms with E-state index < -0.39 is 6.04 Å². The third kappa shape index (κ3) is 4.16. The summed E-state index contributed by atoms with van der Waals surface area (Å²) in [6.45, 7) is 4.79. The number of benzene rings is 1. The molecule has 0 spiro atoms. The number of fused-ring (bicyclic) bond motifs is 1. The maximum atomic E-state index is 12.5. The van der Waals surface area contributed by atoms with Crippen molar-refractivity contribution in [3.63, 3.8) is 0 Å². The first-order valence-electron chi connectivity index (χ1n) is 8.33. The van der Waals surface area contributed by atoms with E-state index in [-0.39, 0.29) is 11.8 Å². The van der Waals surface area contributed by atoms with Crippen molar-refractivity contribution in [1.82, 2.24) is 10.2 Å². The molecule has 0 aromatic heterocycles. The van der Waals surface area contributed by atoms with Crippen LogP contribution in [0.25, 0.3) is 0 Å². The highest BCUT2D eigenvalue weighted by Gasteiger charge is 2.25. The lowest BCUT2D eigenvalue weighted by Crippen LogP contribution is -2.50. The number of rotatable bonds is 3. The minimum Gasteiger partial charge on any atom is -0.489 e. The number of hydrogen-bond acceptors (Lipinski definition) is 5. The summed E-state index contributed by atoms with van der Waals surface area (Å²) in [5, 5.41) is 3.03. The minimum absolute atomic E-state index is 0.128. The quantitative estimate of drug-likeness (QED) is 0.874. The first-order chi connectivity index (χ1) is 12.1. The van der Waals surface area contributed by atoms with Gasteiger partial charge in [-0.1, -0.05) is 11.6 Å². The molecule has 1 saturated heterocycles. The molecule has 2 aliphatic rings. The molecule has 8 heteroatoms. The van der Waals surface area contributed by atoms with Crippen LogP contribution in [-0.4, -0.2) is 62.3 Å². The summed E-state index contributed by atoms with van der Waals surface area (Å²) in [7, 11) is 0. The molecule has 2 amide bonds. The number of nitrogens with one attached hydrogen (secondary N) is 1. The van der Waals surface area contributed by atoms with Gasteiger partial charge in [-0.25, -0.2) is 0 Å². The van der Waals surface area contributed by atoms with E-state index in [0.29, 0.717) is 61.6 Å². The molecule has 1 atom stereocenters. The number of ether oxygens (including phenoxy) is 3. The Morgan fingerprint density at radius 1 is 1.16 bits per heavy atom. The monoisotopic (exact) mass is 368 g/mol. The van der Waals surface area contributed by atoms with E-state index in [1.54, 1.807) is 17.9 Å². The summed E-state index contributed by atoms with van der Waals surface area (Å²) in [6, 6.07) is 2.48. The maximum absolute atomic E-state index is 12.5. The number of halogens is 1. The van der Waals surface area contributed by atoms with Crippen molar-refractivity contribution in [2.75, 3.05) is 39.5 Å². The summed E-state index contributed by atoms with van der Waals surface area (Å²) in [5.74, 6) is 0.388. The molecule has 25 heavy (non-hydrogen) atoms. The predicted molar refractivity (Wildman–Crippen MR) is 91.4 cm³/mol. The molecule has 1 aromatic rings. The van der Waals surface area contributed by atoms with Crippen molar-refractivity contribution in [2.24, 2.45) is 0 Å². The van der Waals surface area contributed by atoms with Crippen LogP contribution in [0.2, 0.25) is 5.02 Å². The highest BCUT2D eigenvalue weighted by Crippen LogP contribution is 2.37. The van der Waals surface area contributed by atoms with Crippen molar-refractivity contribution in [2.45, 2.75) is 19.4 Å². The van der Waals surface area contributed by atoms with Gasteiger partial charge in [0.2, 0.25) is 5.91 Å². The van der Waals surface area contributed by atoms with Crippen molar-refractivity contribution in [3.8, 4) is 11.5 Å². The molecule has 136 valence electrons. The normalized spacial score (nSPS) is 18.2. The fraction of sp³-hybridized carbons (Fsp3) is 0.529. The Kier molecular flexibility index (Phi) is 5.65. The van der Waals surface area contributed by atoms with Gasteiger partial charge >= 0.3 is 0 Å². The fourth-order valence-corrected chi connectivity index (χ4v) is 3.03. The standard InChI is InChI=1S/C17H21ClN2O5/c1-11(17(22)20-3-7-23-8-4-20)19-16(21)12-9-13(18)15-14(10-12)24-5-2-6-25-15/h9-11H,2-8H2,1H3,(H,19,21). The van der Waals surface area contributed by atoms with Crippen molar-refractivity contribution < 1.29 is 23.8 Å². The summed E-state index contributed by atoms with van der Waals surface area (Å²) in [4.78, 5) is 26.6. The Labute approximate surface area is 151 Å². The number of carbonyl (C=O) groups excluding carboxylic acids is 2. The van der Waals surface area contributed by atoms with Crippen LogP contribution in [0.1, 0.15) is 23.7 Å². The first-order valence-corrected chi connectivity index (χ1v) is 8.70. The molecule has 1 fully saturated rings. The lowest BCUT2D eigenvalue weighted by atomic mass is 10.1. The molecule has 7 nitrogen and oxygen atoms in total. The van der Waals surface area contributed by atoms with E-state index in [1.807, 2.05) is 0 Å². The number of nitrogens with zero attached hydrogens (tertiary/aromatic N) is 1. The molecule has 0 bridgehead atoms. The molecule has 0 saturated carbocycles. The molecular weight excluding hydrogens is 348 g/mol. The van der Waals surface area contributed by atoms with Gasteiger partial charge in [-0.05, 0) is 19.1 Å². The van der Waals surface area contributed by atoms with Crippen LogP contribution in [-0.2, 0) is 9.53 Å². The number of amides is 2. The molecule has 0 aliphatic carbocycles. The molecule has 1 N–H and O–H groups in total. The lowest BCUT2D eigenvalue weighted by Gasteiger charge is -2.29. The van der Waals surface area contributed by atoms with Crippen LogP contribution in [0.3, 0.4) is 0 Å². The van der Waals surface area contributed by atoms with E-state index in [2.05, 4.69) is 5.32 Å². The lowest BCUT2D eigenvalue weighted by molar-refractivity contribution is -0.136. The molecule has 1 unspecified atom stereocenters. The molecule has 2 aliphatic heterocycles. The summed E-state index contributed by atoms with van der Waals surface area (Å²) >= 11 is 6.21. The zero-order valence-electron chi connectivity index (χ0n) is 14.0. The average molecular weight is 369 g/mol. The second kappa shape index (κ2) is 7.93. The van der Waals surface area contributed by atoms with Crippen LogP contribution in [0.4, 0.5) is 0 Å². The molecule has 1 aromatic carbocycles. The van der Waals surface area contributed by atoms with E-state index in [4.69, 9.17) is 25.8 Å². The smallest absolute Gasteiger partial charge is 0.252 e. The van der Waals surface area contributed by atoms with Gasteiger partial charge in [-0.3, -0.25) is 9.59 Å². The largest absolute Gasteiger partial charge is 0.489 e. The number of carbonyl (C=O) groups is 2. The van der Waals surface area contributed by atoms with Gasteiger partial charge in [0.05, 0.1) is 31.5 Å². The molecule has 3 rings (SSSR count). The zero-order valence-corrected chi connectivity index (χ0v) is 14.8. The highest BCUT2D eigenvalue weighted by molar-refractivity contribution is 6.32. The number of hydrogen-bond donors (Lipinski definition) is 1. The Morgan fingerprint density at radius 3 is 2.64 bits per heavy atom.